The van der Waals surface area contributed by atoms with E-state index >= 15 is 0 Å². The summed E-state index contributed by atoms with van der Waals surface area (Å²) in [6.45, 7) is 2.68. The third-order valence-corrected chi connectivity index (χ3v) is 7.49. The molecule has 41 heavy (non-hydrogen) atoms. The van der Waals surface area contributed by atoms with Crippen LogP contribution in [0.3, 0.4) is 0 Å². The van der Waals surface area contributed by atoms with Crippen LogP contribution in [0.25, 0.3) is 16.9 Å². The number of rotatable bonds is 12. The molecule has 3 aromatic rings. The molecule has 1 aliphatic carbocycles. The lowest BCUT2D eigenvalue weighted by Gasteiger charge is -2.46. The van der Waals surface area contributed by atoms with Gasteiger partial charge in [0, 0.05) is 37.4 Å². The lowest BCUT2D eigenvalue weighted by molar-refractivity contribution is -0.165. The normalized spacial score (nSPS) is 17.2. The van der Waals surface area contributed by atoms with Gasteiger partial charge in [0.05, 0.1) is 37.1 Å². The number of benzene rings is 1. The molecule has 3 heterocycles. The van der Waals surface area contributed by atoms with Gasteiger partial charge in [-0.1, -0.05) is 0 Å². The molecule has 1 aliphatic heterocycles. The molecule has 0 bridgehead atoms. The lowest BCUT2D eigenvalue weighted by Crippen LogP contribution is -2.59. The number of aliphatic hydroxyl groups excluding tert-OH is 1. The largest absolute Gasteiger partial charge is 0.496 e. The Bertz CT molecular complexity index is 1430. The molecule has 2 N–H and O–H groups in total. The number of alkyl halides is 2. The first-order chi connectivity index (χ1) is 19.6. The first-order valence-electron chi connectivity index (χ1n) is 13.6. The van der Waals surface area contributed by atoms with Gasteiger partial charge in [-0.05, 0) is 62.9 Å². The van der Waals surface area contributed by atoms with Crippen LogP contribution in [0.15, 0.2) is 36.7 Å². The summed E-state index contributed by atoms with van der Waals surface area (Å²) in [5, 5.41) is 13.6. The number of ether oxygens (including phenoxy) is 3. The van der Waals surface area contributed by atoms with E-state index in [1.54, 1.807) is 41.9 Å². The van der Waals surface area contributed by atoms with Crippen molar-refractivity contribution < 1.29 is 37.7 Å². The Labute approximate surface area is 236 Å². The van der Waals surface area contributed by atoms with Gasteiger partial charge in [0.1, 0.15) is 22.7 Å². The lowest BCUT2D eigenvalue weighted by atomic mass is 9.82. The molecule has 2 aromatic heterocycles. The van der Waals surface area contributed by atoms with Crippen molar-refractivity contribution in [2.24, 2.45) is 5.41 Å². The predicted molar refractivity (Wildman–Crippen MR) is 145 cm³/mol. The fourth-order valence-electron chi connectivity index (χ4n) is 5.22. The third kappa shape index (κ3) is 6.13. The van der Waals surface area contributed by atoms with E-state index in [2.05, 4.69) is 15.2 Å². The average Bonchev–Trinajstić information content (AvgIpc) is 3.63. The van der Waals surface area contributed by atoms with Crippen LogP contribution in [0.1, 0.15) is 55.1 Å². The molecular formula is C29H34F2N4O6. The van der Waals surface area contributed by atoms with Gasteiger partial charge in [-0.15, -0.1) is 0 Å². The number of methoxy groups -OCH3 is 1. The van der Waals surface area contributed by atoms with Crippen molar-refractivity contribution in [2.45, 2.75) is 51.9 Å². The fourth-order valence-corrected chi connectivity index (χ4v) is 5.22. The van der Waals surface area contributed by atoms with E-state index in [1.807, 2.05) is 6.92 Å². The minimum Gasteiger partial charge on any atom is -0.496 e. The number of imidazole rings is 1. The predicted octanol–water partition coefficient (Wildman–Crippen LogP) is 3.81. The second-order valence-electron chi connectivity index (χ2n) is 10.8. The zero-order valence-corrected chi connectivity index (χ0v) is 23.2. The third-order valence-electron chi connectivity index (χ3n) is 7.49. The Balaban J connectivity index is 1.33. The fraction of sp³-hybridized carbons (Fsp3) is 0.483. The summed E-state index contributed by atoms with van der Waals surface area (Å²) >= 11 is 0. The molecule has 1 unspecified atom stereocenters. The van der Waals surface area contributed by atoms with Crippen molar-refractivity contribution in [3.05, 3.63) is 47.8 Å². The highest BCUT2D eigenvalue weighted by Gasteiger charge is 2.46. The average molecular weight is 573 g/mol. The molecule has 0 spiro atoms. The number of halogens is 2. The monoisotopic (exact) mass is 572 g/mol. The molecule has 1 amide bonds. The molecule has 1 aromatic carbocycles. The van der Waals surface area contributed by atoms with E-state index in [9.17, 15) is 23.5 Å². The number of nitrogens with zero attached hydrogens (tertiary/aromatic N) is 3. The number of nitrogens with one attached hydrogen (secondary N) is 1. The van der Waals surface area contributed by atoms with Gasteiger partial charge in [-0.25, -0.2) is 4.98 Å². The number of aliphatic hydroxyl groups is 1. The number of esters is 1. The first kappa shape index (κ1) is 28.7. The molecule has 10 nitrogen and oxygen atoms in total. The molecule has 0 radical (unpaired) electrons. The van der Waals surface area contributed by atoms with Crippen LogP contribution in [0.2, 0.25) is 0 Å². The van der Waals surface area contributed by atoms with Gasteiger partial charge in [0.25, 0.3) is 5.91 Å². The van der Waals surface area contributed by atoms with E-state index in [0.29, 0.717) is 55.1 Å². The Morgan fingerprint density at radius 2 is 1.95 bits per heavy atom. The van der Waals surface area contributed by atoms with E-state index in [-0.39, 0.29) is 29.1 Å². The van der Waals surface area contributed by atoms with Crippen molar-refractivity contribution in [2.75, 3.05) is 33.4 Å². The Kier molecular flexibility index (Phi) is 8.14. The topological polar surface area (TPSA) is 115 Å². The summed E-state index contributed by atoms with van der Waals surface area (Å²) < 4.78 is 43.7. The highest BCUT2D eigenvalue weighted by molar-refractivity contribution is 6.01. The van der Waals surface area contributed by atoms with Crippen LogP contribution in [0.5, 0.6) is 11.5 Å². The maximum Gasteiger partial charge on any atom is 0.387 e. The molecular weight excluding hydrogens is 538 g/mol. The molecule has 1 atom stereocenters. The summed E-state index contributed by atoms with van der Waals surface area (Å²) in [4.78, 5) is 31.5. The summed E-state index contributed by atoms with van der Waals surface area (Å²) in [6.07, 6.45) is 4.72. The molecule has 1 saturated carbocycles. The summed E-state index contributed by atoms with van der Waals surface area (Å²) in [7, 11) is 1.36. The quantitative estimate of drug-likeness (QED) is 0.315. The molecule has 5 rings (SSSR count). The Hall–Kier alpha value is -3.77. The van der Waals surface area contributed by atoms with Gasteiger partial charge in [0.2, 0.25) is 0 Å². The van der Waals surface area contributed by atoms with E-state index in [0.717, 1.165) is 12.8 Å². The van der Waals surface area contributed by atoms with Crippen LogP contribution >= 0.6 is 0 Å². The second kappa shape index (κ2) is 11.6. The smallest absolute Gasteiger partial charge is 0.387 e. The summed E-state index contributed by atoms with van der Waals surface area (Å²) in [5.74, 6) is -0.922. The molecule has 2 aliphatic rings. The first-order valence-corrected chi connectivity index (χ1v) is 13.6. The molecule has 220 valence electrons. The molecule has 12 heteroatoms. The summed E-state index contributed by atoms with van der Waals surface area (Å²) in [5.41, 5.74) is 1.65. The zero-order valence-electron chi connectivity index (χ0n) is 23.2. The SMILES string of the molecule is CCOC(=O)C1(C)CN(CCC(O)c2ccn3c(-c4cc(OC)c(C(=O)NC5CC5)c(OC(F)F)c4)cnc3c2)C1. The summed E-state index contributed by atoms with van der Waals surface area (Å²) in [6, 6.07) is 6.51. The van der Waals surface area contributed by atoms with Crippen molar-refractivity contribution in [1.29, 1.82) is 0 Å². The van der Waals surface area contributed by atoms with Gasteiger partial charge in [-0.2, -0.15) is 8.78 Å². The number of pyridine rings is 1. The number of hydrogen-bond acceptors (Lipinski definition) is 8. The van der Waals surface area contributed by atoms with Gasteiger partial charge >= 0.3 is 12.6 Å². The van der Waals surface area contributed by atoms with Crippen LogP contribution in [0.4, 0.5) is 8.78 Å². The van der Waals surface area contributed by atoms with Gasteiger partial charge < -0.3 is 29.5 Å². The molecule has 2 fully saturated rings. The second-order valence-corrected chi connectivity index (χ2v) is 10.8. The van der Waals surface area contributed by atoms with Crippen LogP contribution in [0, 0.1) is 5.41 Å². The number of carbonyl (C=O) groups is 2. The molecule has 1 saturated heterocycles. The zero-order chi connectivity index (χ0) is 29.3. The number of likely N-dealkylation sites (tertiary alicyclic amines) is 1. The van der Waals surface area contributed by atoms with Crippen LogP contribution in [-0.2, 0) is 9.53 Å². The maximum absolute atomic E-state index is 13.3. The van der Waals surface area contributed by atoms with E-state index < -0.39 is 24.0 Å². The van der Waals surface area contributed by atoms with Crippen LogP contribution in [-0.4, -0.2) is 77.3 Å². The minimum absolute atomic E-state index is 0.0188. The number of carbonyl (C=O) groups excluding carboxylic acids is 2. The number of hydrogen-bond donors (Lipinski definition) is 2. The number of amides is 1. The Morgan fingerprint density at radius 3 is 2.61 bits per heavy atom. The highest BCUT2D eigenvalue weighted by Crippen LogP contribution is 2.37. The van der Waals surface area contributed by atoms with Crippen molar-refractivity contribution in [3.63, 3.8) is 0 Å². The number of fused-ring (bicyclic) bond motifs is 1. The minimum atomic E-state index is -3.14. The van der Waals surface area contributed by atoms with E-state index in [1.165, 1.54) is 13.2 Å². The van der Waals surface area contributed by atoms with E-state index in [4.69, 9.17) is 14.2 Å². The van der Waals surface area contributed by atoms with Gasteiger partial charge in [-0.3, -0.25) is 14.0 Å². The van der Waals surface area contributed by atoms with Crippen molar-refractivity contribution in [1.82, 2.24) is 19.6 Å². The van der Waals surface area contributed by atoms with Crippen LogP contribution < -0.4 is 14.8 Å². The van der Waals surface area contributed by atoms with Crippen molar-refractivity contribution >= 4 is 17.5 Å². The Morgan fingerprint density at radius 1 is 1.22 bits per heavy atom. The standard InChI is InChI=1S/C29H34F2N4O6/c1-4-40-27(38)29(2)15-34(16-29)9-8-21(36)17-7-10-35-20(14-32-24(35)13-17)18-11-22(39-3)25(23(12-18)41-28(30)31)26(37)33-19-5-6-19/h7,10-14,19,21,28,36H,4-6,8-9,15-16H2,1-3H3,(H,33,37). The maximum atomic E-state index is 13.3. The highest BCUT2D eigenvalue weighted by atomic mass is 19.3. The van der Waals surface area contributed by atoms with Crippen molar-refractivity contribution in [3.8, 4) is 22.8 Å². The van der Waals surface area contributed by atoms with Gasteiger partial charge in [0.15, 0.2) is 0 Å². The number of aromatic nitrogens is 2.